The predicted molar refractivity (Wildman–Crippen MR) is 43.0 cm³/mol. The van der Waals surface area contributed by atoms with Gasteiger partial charge in [-0.1, -0.05) is 13.8 Å². The van der Waals surface area contributed by atoms with Gasteiger partial charge in [0.2, 0.25) is 0 Å². The van der Waals surface area contributed by atoms with E-state index in [-0.39, 0.29) is 11.8 Å². The molecule has 0 aromatic carbocycles. The first-order valence-corrected chi connectivity index (χ1v) is 4.08. The van der Waals surface area contributed by atoms with Crippen LogP contribution in [0.15, 0.2) is 0 Å². The summed E-state index contributed by atoms with van der Waals surface area (Å²) in [6, 6.07) is 0. The van der Waals surface area contributed by atoms with Crippen molar-refractivity contribution in [2.45, 2.75) is 32.2 Å². The number of hydrogen-bond acceptors (Lipinski definition) is 2. The van der Waals surface area contributed by atoms with E-state index in [1.807, 2.05) is 13.8 Å². The highest BCUT2D eigenvalue weighted by Crippen LogP contribution is 2.23. The summed E-state index contributed by atoms with van der Waals surface area (Å²) < 4.78 is 0. The van der Waals surface area contributed by atoms with E-state index in [4.69, 9.17) is 5.73 Å². The smallest absolute Gasteiger partial charge is 0.261 e. The molecule has 1 aliphatic rings. The molecule has 0 aromatic heterocycles. The third-order valence-electron chi connectivity index (χ3n) is 2.43. The first kappa shape index (κ1) is 8.53. The third kappa shape index (κ3) is 1.38. The van der Waals surface area contributed by atoms with Crippen molar-refractivity contribution in [2.24, 2.45) is 11.7 Å². The second-order valence-electron chi connectivity index (χ2n) is 3.49. The molecule has 63 valence electrons. The highest BCUT2D eigenvalue weighted by molar-refractivity contribution is 5.86. The number of nitrogens with zero attached hydrogens (tertiary/aromatic N) is 1. The summed E-state index contributed by atoms with van der Waals surface area (Å²) in [4.78, 5) is 11.3. The summed E-state index contributed by atoms with van der Waals surface area (Å²) in [6.07, 6.45) is 1.73. The van der Waals surface area contributed by atoms with E-state index in [0.717, 1.165) is 12.8 Å². The van der Waals surface area contributed by atoms with Crippen molar-refractivity contribution < 1.29 is 4.79 Å². The molecule has 0 aliphatic carbocycles. The maximum absolute atomic E-state index is 11.3. The molecule has 1 radical (unpaired) electrons. The molecule has 3 nitrogen and oxygen atoms in total. The van der Waals surface area contributed by atoms with Crippen LogP contribution in [0.25, 0.3) is 0 Å². The Balaban J connectivity index is 2.73. The standard InChI is InChI=1S/C8H15N2O/c1-6(2)8(9)4-3-5-10-7(8)11/h6H,3-5,9H2,1-2H3. The molecule has 1 rings (SSSR count). The number of carbonyl (C=O) groups excluding carboxylic acids is 1. The molecule has 1 atom stereocenters. The molecule has 1 fully saturated rings. The van der Waals surface area contributed by atoms with E-state index >= 15 is 0 Å². The fraction of sp³-hybridized carbons (Fsp3) is 0.875. The van der Waals surface area contributed by atoms with Crippen LogP contribution < -0.4 is 11.1 Å². The van der Waals surface area contributed by atoms with Crippen molar-refractivity contribution >= 4 is 5.91 Å². The SMILES string of the molecule is CC(C)C1(N)CCC[N]C1=O. The fourth-order valence-corrected chi connectivity index (χ4v) is 1.34. The highest BCUT2D eigenvalue weighted by atomic mass is 16.2. The van der Waals surface area contributed by atoms with E-state index in [0.29, 0.717) is 6.54 Å². The van der Waals surface area contributed by atoms with E-state index < -0.39 is 5.54 Å². The van der Waals surface area contributed by atoms with Gasteiger partial charge in [0.15, 0.2) is 0 Å². The first-order valence-electron chi connectivity index (χ1n) is 4.08. The van der Waals surface area contributed by atoms with Crippen molar-refractivity contribution in [3.05, 3.63) is 0 Å². The summed E-state index contributed by atoms with van der Waals surface area (Å²) >= 11 is 0. The Morgan fingerprint density at radius 2 is 2.27 bits per heavy atom. The first-order chi connectivity index (χ1) is 5.07. The van der Waals surface area contributed by atoms with Gasteiger partial charge in [-0.15, -0.1) is 0 Å². The molecule has 1 heterocycles. The van der Waals surface area contributed by atoms with Gasteiger partial charge in [-0.05, 0) is 18.8 Å². The van der Waals surface area contributed by atoms with Crippen LogP contribution in [0.5, 0.6) is 0 Å². The van der Waals surface area contributed by atoms with E-state index in [1.54, 1.807) is 0 Å². The molecule has 0 aromatic rings. The van der Waals surface area contributed by atoms with Gasteiger partial charge in [0.05, 0.1) is 5.54 Å². The summed E-state index contributed by atoms with van der Waals surface area (Å²) in [5.41, 5.74) is 5.23. The van der Waals surface area contributed by atoms with Gasteiger partial charge in [0.1, 0.15) is 0 Å². The zero-order valence-electron chi connectivity index (χ0n) is 7.13. The zero-order valence-corrected chi connectivity index (χ0v) is 7.13. The van der Waals surface area contributed by atoms with Crippen molar-refractivity contribution in [1.29, 1.82) is 0 Å². The van der Waals surface area contributed by atoms with Gasteiger partial charge in [0.25, 0.3) is 5.91 Å². The third-order valence-corrected chi connectivity index (χ3v) is 2.43. The molecule has 2 N–H and O–H groups in total. The molecule has 3 heteroatoms. The summed E-state index contributed by atoms with van der Waals surface area (Å²) in [6.45, 7) is 4.60. The molecule has 1 unspecified atom stereocenters. The number of piperidine rings is 1. The number of rotatable bonds is 1. The monoisotopic (exact) mass is 155 g/mol. The van der Waals surface area contributed by atoms with E-state index in [2.05, 4.69) is 5.32 Å². The van der Waals surface area contributed by atoms with Crippen molar-refractivity contribution in [1.82, 2.24) is 5.32 Å². The Bertz CT molecular complexity index is 167. The van der Waals surface area contributed by atoms with Gasteiger partial charge in [0, 0.05) is 6.54 Å². The Kier molecular flexibility index (Phi) is 2.18. The van der Waals surface area contributed by atoms with Gasteiger partial charge in [-0.25, -0.2) is 5.32 Å². The minimum absolute atomic E-state index is 0.112. The van der Waals surface area contributed by atoms with Crippen LogP contribution in [-0.2, 0) is 4.79 Å². The van der Waals surface area contributed by atoms with E-state index in [1.165, 1.54) is 0 Å². The Hall–Kier alpha value is -0.570. The van der Waals surface area contributed by atoms with Crippen molar-refractivity contribution in [3.8, 4) is 0 Å². The Labute approximate surface area is 67.3 Å². The zero-order chi connectivity index (χ0) is 8.48. The van der Waals surface area contributed by atoms with Crippen LogP contribution in [-0.4, -0.2) is 18.0 Å². The molecule has 0 bridgehead atoms. The molecule has 1 saturated heterocycles. The van der Waals surface area contributed by atoms with Gasteiger partial charge >= 0.3 is 0 Å². The second-order valence-corrected chi connectivity index (χ2v) is 3.49. The van der Waals surface area contributed by atoms with Gasteiger partial charge in [-0.2, -0.15) is 0 Å². The van der Waals surface area contributed by atoms with Crippen LogP contribution in [0.2, 0.25) is 0 Å². The normalized spacial score (nSPS) is 32.2. The molecule has 1 amide bonds. The molecule has 11 heavy (non-hydrogen) atoms. The number of hydrogen-bond donors (Lipinski definition) is 1. The lowest BCUT2D eigenvalue weighted by Crippen LogP contribution is -2.58. The van der Waals surface area contributed by atoms with Gasteiger partial charge in [-0.3, -0.25) is 4.79 Å². The largest absolute Gasteiger partial charge is 0.317 e. The van der Waals surface area contributed by atoms with Crippen molar-refractivity contribution in [3.63, 3.8) is 0 Å². The van der Waals surface area contributed by atoms with Crippen LogP contribution in [0.4, 0.5) is 0 Å². The molecular weight excluding hydrogens is 140 g/mol. The van der Waals surface area contributed by atoms with Crippen LogP contribution in [0, 0.1) is 5.92 Å². The minimum Gasteiger partial charge on any atom is -0.317 e. The quantitative estimate of drug-likeness (QED) is 0.590. The summed E-state index contributed by atoms with van der Waals surface area (Å²) in [7, 11) is 0. The lowest BCUT2D eigenvalue weighted by Gasteiger charge is -2.34. The topological polar surface area (TPSA) is 57.2 Å². The Morgan fingerprint density at radius 1 is 1.64 bits per heavy atom. The second kappa shape index (κ2) is 2.81. The Morgan fingerprint density at radius 3 is 2.64 bits per heavy atom. The molecular formula is C8H15N2O. The van der Waals surface area contributed by atoms with E-state index in [9.17, 15) is 4.79 Å². The van der Waals surface area contributed by atoms with Crippen LogP contribution in [0.1, 0.15) is 26.7 Å². The van der Waals surface area contributed by atoms with Gasteiger partial charge < -0.3 is 5.73 Å². The number of amides is 1. The minimum atomic E-state index is -0.668. The maximum atomic E-state index is 11.3. The van der Waals surface area contributed by atoms with Crippen molar-refractivity contribution in [2.75, 3.05) is 6.54 Å². The lowest BCUT2D eigenvalue weighted by molar-refractivity contribution is -0.130. The molecule has 0 saturated carbocycles. The average Bonchev–Trinajstić information content (AvgIpc) is 1.95. The maximum Gasteiger partial charge on any atom is 0.261 e. The highest BCUT2D eigenvalue weighted by Gasteiger charge is 2.39. The van der Waals surface area contributed by atoms with Crippen LogP contribution >= 0.6 is 0 Å². The number of nitrogens with two attached hydrogens (primary N) is 1. The fourth-order valence-electron chi connectivity index (χ4n) is 1.34. The predicted octanol–water partition coefficient (Wildman–Crippen LogP) is 0.265. The number of carbonyl (C=O) groups is 1. The molecule has 1 aliphatic heterocycles. The molecule has 0 spiro atoms. The average molecular weight is 155 g/mol. The van der Waals surface area contributed by atoms with Crippen LogP contribution in [0.3, 0.4) is 0 Å². The summed E-state index contributed by atoms with van der Waals surface area (Å²) in [5, 5.41) is 3.84. The summed E-state index contributed by atoms with van der Waals surface area (Å²) in [5.74, 6) is 0.0813. The lowest BCUT2D eigenvalue weighted by atomic mass is 9.80.